The summed E-state index contributed by atoms with van der Waals surface area (Å²) in [6.45, 7) is 1.96. The van der Waals surface area contributed by atoms with Crippen LogP contribution in [0.15, 0.2) is 0 Å². The summed E-state index contributed by atoms with van der Waals surface area (Å²) in [5.41, 5.74) is 0. The zero-order chi connectivity index (χ0) is 10.2. The molecule has 0 heterocycles. The molecular formula is C8H21O3PPbS. The minimum atomic E-state index is -3.06. The van der Waals surface area contributed by atoms with Gasteiger partial charge in [-0.3, -0.25) is 0 Å². The monoisotopic (exact) mass is 436 g/mol. The molecule has 0 atom stereocenters. The molecule has 2 radical (unpaired) electrons. The third-order valence-electron chi connectivity index (χ3n) is 1.50. The summed E-state index contributed by atoms with van der Waals surface area (Å²) < 4.78 is 21.4. The first-order valence-corrected chi connectivity index (χ1v) is 7.43. The van der Waals surface area contributed by atoms with Crippen molar-refractivity contribution in [2.24, 2.45) is 0 Å². The van der Waals surface area contributed by atoms with E-state index >= 15 is 0 Å². The number of rotatable bonds is 8. The molecule has 0 aliphatic carbocycles. The Morgan fingerprint density at radius 3 is 1.71 bits per heavy atom. The molecule has 0 rings (SSSR count). The third kappa shape index (κ3) is 11.5. The molecular weight excluding hydrogens is 414 g/mol. The molecule has 0 amide bonds. The van der Waals surface area contributed by atoms with Crippen LogP contribution in [-0.4, -0.2) is 40.5 Å². The molecule has 0 saturated carbocycles. The van der Waals surface area contributed by atoms with Crippen LogP contribution >= 0.6 is 19.0 Å². The van der Waals surface area contributed by atoms with Gasteiger partial charge in [0.15, 0.2) is 0 Å². The molecule has 0 aromatic heterocycles. The van der Waals surface area contributed by atoms with Crippen LogP contribution in [0, 0.1) is 0 Å². The molecule has 3 nitrogen and oxygen atoms in total. The standard InChI is InChI=1S/C8H19O3PS.Pb.2H/c1-3-5-7-10-12(9,13)11-8-6-4-2;;;/h3-8H2,1-2H3,(H,9,13);;;. The first-order valence-electron chi connectivity index (χ1n) is 4.74. The molecule has 0 bridgehead atoms. The van der Waals surface area contributed by atoms with Crippen molar-refractivity contribution in [3.63, 3.8) is 0 Å². The van der Waals surface area contributed by atoms with Crippen molar-refractivity contribution in [3.8, 4) is 0 Å². The average molecular weight is 435 g/mol. The molecule has 86 valence electrons. The van der Waals surface area contributed by atoms with Crippen molar-refractivity contribution >= 4 is 46.3 Å². The second-order valence-corrected chi connectivity index (χ2v) is 5.77. The van der Waals surface area contributed by atoms with Gasteiger partial charge >= 0.3 is 34.1 Å². The van der Waals surface area contributed by atoms with Gasteiger partial charge in [0.1, 0.15) is 0 Å². The van der Waals surface area contributed by atoms with E-state index in [4.69, 9.17) is 9.05 Å². The Morgan fingerprint density at radius 2 is 1.43 bits per heavy atom. The van der Waals surface area contributed by atoms with E-state index in [2.05, 4.69) is 12.2 Å². The number of hydrogen-bond donors (Lipinski definition) is 1. The second-order valence-electron chi connectivity index (χ2n) is 2.84. The van der Waals surface area contributed by atoms with Gasteiger partial charge in [0, 0.05) is 0 Å². The summed E-state index contributed by atoms with van der Waals surface area (Å²) in [5, 5.41) is 0. The van der Waals surface area contributed by atoms with E-state index in [9.17, 15) is 4.57 Å². The molecule has 0 fully saturated rings. The van der Waals surface area contributed by atoms with Gasteiger partial charge in [0.2, 0.25) is 0 Å². The number of unbranched alkanes of at least 4 members (excludes halogenated alkanes) is 2. The Morgan fingerprint density at radius 1 is 1.07 bits per heavy atom. The first-order chi connectivity index (χ1) is 6.12. The van der Waals surface area contributed by atoms with E-state index < -0.39 is 6.80 Å². The van der Waals surface area contributed by atoms with Crippen LogP contribution in [0.1, 0.15) is 39.5 Å². The van der Waals surface area contributed by atoms with Crippen molar-refractivity contribution in [1.82, 2.24) is 0 Å². The molecule has 6 heteroatoms. The fourth-order valence-electron chi connectivity index (χ4n) is 0.686. The SMILES string of the molecule is CCCCOP(=O)(S)OCCCC.[PbH2]. The van der Waals surface area contributed by atoms with Crippen LogP contribution < -0.4 is 0 Å². The maximum atomic E-state index is 11.4. The van der Waals surface area contributed by atoms with Gasteiger partial charge in [-0.2, -0.15) is 0 Å². The van der Waals surface area contributed by atoms with Crippen LogP contribution in [0.2, 0.25) is 0 Å². The normalized spacial score (nSPS) is 11.1. The van der Waals surface area contributed by atoms with Gasteiger partial charge in [-0.1, -0.05) is 38.9 Å². The fraction of sp³-hybridized carbons (Fsp3) is 1.00. The Hall–Kier alpha value is 1.42. The molecule has 0 aromatic carbocycles. The average Bonchev–Trinajstić information content (AvgIpc) is 2.05. The van der Waals surface area contributed by atoms with E-state index in [1.807, 2.05) is 13.8 Å². The van der Waals surface area contributed by atoms with Crippen molar-refractivity contribution in [2.75, 3.05) is 13.2 Å². The van der Waals surface area contributed by atoms with Crippen molar-refractivity contribution in [1.29, 1.82) is 0 Å². The van der Waals surface area contributed by atoms with Gasteiger partial charge in [-0.15, -0.1) is 0 Å². The molecule has 0 aromatic rings. The van der Waals surface area contributed by atoms with Crippen molar-refractivity contribution in [2.45, 2.75) is 39.5 Å². The fourth-order valence-corrected chi connectivity index (χ4v) is 1.97. The second kappa shape index (κ2) is 10.9. The van der Waals surface area contributed by atoms with Gasteiger partial charge in [-0.05, 0) is 12.8 Å². The quantitative estimate of drug-likeness (QED) is 0.276. The predicted molar refractivity (Wildman–Crippen MR) is 66.9 cm³/mol. The van der Waals surface area contributed by atoms with E-state index in [0.29, 0.717) is 13.2 Å². The van der Waals surface area contributed by atoms with Crippen molar-refractivity contribution in [3.05, 3.63) is 0 Å². The zero-order valence-corrected chi connectivity index (χ0v) is 16.4. The Balaban J connectivity index is 0. The molecule has 0 N–H and O–H groups in total. The van der Waals surface area contributed by atoms with E-state index in [0.717, 1.165) is 25.7 Å². The topological polar surface area (TPSA) is 35.5 Å². The molecule has 0 unspecified atom stereocenters. The van der Waals surface area contributed by atoms with E-state index in [1.165, 1.54) is 0 Å². The van der Waals surface area contributed by atoms with Crippen LogP contribution in [-0.2, 0) is 13.6 Å². The van der Waals surface area contributed by atoms with Gasteiger partial charge in [0.25, 0.3) is 0 Å². The van der Waals surface area contributed by atoms with Crippen LogP contribution in [0.4, 0.5) is 0 Å². The van der Waals surface area contributed by atoms with Crippen LogP contribution in [0.5, 0.6) is 0 Å². The summed E-state index contributed by atoms with van der Waals surface area (Å²) in [6, 6.07) is 0. The molecule has 0 saturated heterocycles. The maximum absolute atomic E-state index is 11.4. The molecule has 0 aliphatic heterocycles. The molecule has 0 aliphatic rings. The Bertz CT molecular complexity index is 155. The minimum absolute atomic E-state index is 0. The van der Waals surface area contributed by atoms with Gasteiger partial charge in [0.05, 0.1) is 13.2 Å². The summed E-state index contributed by atoms with van der Waals surface area (Å²) in [6.07, 6.45) is 3.81. The van der Waals surface area contributed by atoms with Gasteiger partial charge < -0.3 is 9.05 Å². The van der Waals surface area contributed by atoms with E-state index in [1.54, 1.807) is 0 Å². The van der Waals surface area contributed by atoms with Crippen LogP contribution in [0.25, 0.3) is 0 Å². The predicted octanol–water partition coefficient (Wildman–Crippen LogP) is 2.74. The Labute approximate surface area is 112 Å². The first kappa shape index (κ1) is 17.8. The number of thiol groups is 1. The number of hydrogen-bond acceptors (Lipinski definition) is 3. The zero-order valence-electron chi connectivity index (χ0n) is 9.07. The van der Waals surface area contributed by atoms with Gasteiger partial charge in [-0.25, -0.2) is 4.57 Å². The van der Waals surface area contributed by atoms with Crippen LogP contribution in [0.3, 0.4) is 0 Å². The Kier molecular flexibility index (Phi) is 13.9. The van der Waals surface area contributed by atoms with Crippen molar-refractivity contribution < 1.29 is 13.6 Å². The third-order valence-corrected chi connectivity index (χ3v) is 3.22. The summed E-state index contributed by atoms with van der Waals surface area (Å²) in [4.78, 5) is 0. The molecule has 14 heavy (non-hydrogen) atoms. The summed E-state index contributed by atoms with van der Waals surface area (Å²) >= 11 is 3.84. The summed E-state index contributed by atoms with van der Waals surface area (Å²) in [5.74, 6) is 0. The summed E-state index contributed by atoms with van der Waals surface area (Å²) in [7, 11) is 0. The van der Waals surface area contributed by atoms with E-state index in [-0.39, 0.29) is 27.3 Å². The molecule has 0 spiro atoms.